The Morgan fingerprint density at radius 1 is 1.15 bits per heavy atom. The van der Waals surface area contributed by atoms with E-state index in [9.17, 15) is 4.79 Å². The van der Waals surface area contributed by atoms with Gasteiger partial charge in [-0.25, -0.2) is 0 Å². The van der Waals surface area contributed by atoms with Crippen molar-refractivity contribution in [1.29, 1.82) is 0 Å². The predicted molar refractivity (Wildman–Crippen MR) is 107 cm³/mol. The van der Waals surface area contributed by atoms with E-state index in [1.54, 1.807) is 6.20 Å². The third-order valence-corrected chi connectivity index (χ3v) is 6.19. The summed E-state index contributed by atoms with van der Waals surface area (Å²) in [4.78, 5) is 15.8. The Morgan fingerprint density at radius 3 is 2.54 bits per heavy atom. The highest BCUT2D eigenvalue weighted by molar-refractivity contribution is 5.86. The standard InChI is InChI=1S/C18H29N5O.2ClH/c24-17(18(7-10-19-11-8-18)23-12-3-9-20-23)21-15-6-13-22(14-15)16-4-1-2-5-16;;/h3,9,12,15-16,19H,1-2,4-8,10-11,13-14H2,(H,21,24);2*1H. The molecule has 1 aromatic heterocycles. The van der Waals surface area contributed by atoms with E-state index in [1.807, 2.05) is 16.9 Å². The van der Waals surface area contributed by atoms with Gasteiger partial charge >= 0.3 is 0 Å². The first kappa shape index (κ1) is 21.5. The third-order valence-electron chi connectivity index (χ3n) is 6.19. The van der Waals surface area contributed by atoms with Crippen LogP contribution in [-0.4, -0.2) is 58.9 Å². The molecule has 148 valence electrons. The first-order chi connectivity index (χ1) is 11.8. The quantitative estimate of drug-likeness (QED) is 0.805. The van der Waals surface area contributed by atoms with Crippen LogP contribution >= 0.6 is 24.8 Å². The SMILES string of the molecule is Cl.Cl.O=C(NC1CCN(C2CCCC2)C1)C1(n2cccn2)CCNCC1. The predicted octanol–water partition coefficient (Wildman–Crippen LogP) is 1.94. The van der Waals surface area contributed by atoms with Crippen molar-refractivity contribution in [2.24, 2.45) is 0 Å². The molecule has 0 aromatic carbocycles. The molecule has 3 fully saturated rings. The number of likely N-dealkylation sites (tertiary alicyclic amines) is 1. The summed E-state index contributed by atoms with van der Waals surface area (Å²) in [5, 5.41) is 11.1. The average molecular weight is 404 g/mol. The largest absolute Gasteiger partial charge is 0.350 e. The summed E-state index contributed by atoms with van der Waals surface area (Å²) >= 11 is 0. The van der Waals surface area contributed by atoms with Gasteiger partial charge in [0, 0.05) is 37.6 Å². The number of amides is 1. The van der Waals surface area contributed by atoms with Gasteiger partial charge in [0.05, 0.1) is 0 Å². The van der Waals surface area contributed by atoms with Crippen LogP contribution in [0.1, 0.15) is 44.9 Å². The van der Waals surface area contributed by atoms with Gasteiger partial charge < -0.3 is 10.6 Å². The highest BCUT2D eigenvalue weighted by Crippen LogP contribution is 2.29. The minimum Gasteiger partial charge on any atom is -0.350 e. The number of hydrogen-bond donors (Lipinski definition) is 2. The molecular formula is C18H31Cl2N5O. The molecule has 2 aliphatic heterocycles. The van der Waals surface area contributed by atoms with Crippen LogP contribution in [0.2, 0.25) is 0 Å². The molecule has 4 rings (SSSR count). The first-order valence-electron chi connectivity index (χ1n) is 9.54. The first-order valence-corrected chi connectivity index (χ1v) is 9.54. The molecule has 1 aliphatic carbocycles. The van der Waals surface area contributed by atoms with Gasteiger partial charge in [-0.1, -0.05) is 12.8 Å². The van der Waals surface area contributed by atoms with Crippen molar-refractivity contribution in [2.45, 2.75) is 62.6 Å². The number of nitrogens with one attached hydrogen (secondary N) is 2. The van der Waals surface area contributed by atoms with Crippen LogP contribution in [0.3, 0.4) is 0 Å². The number of piperidine rings is 1. The Morgan fingerprint density at radius 2 is 1.88 bits per heavy atom. The molecule has 2 saturated heterocycles. The van der Waals surface area contributed by atoms with Crippen molar-refractivity contribution in [2.75, 3.05) is 26.2 Å². The summed E-state index contributed by atoms with van der Waals surface area (Å²) < 4.78 is 1.88. The van der Waals surface area contributed by atoms with Gasteiger partial charge in [-0.15, -0.1) is 24.8 Å². The lowest BCUT2D eigenvalue weighted by Gasteiger charge is -2.37. The molecule has 26 heavy (non-hydrogen) atoms. The fraction of sp³-hybridized carbons (Fsp3) is 0.778. The molecule has 1 atom stereocenters. The molecule has 0 spiro atoms. The van der Waals surface area contributed by atoms with E-state index in [4.69, 9.17) is 0 Å². The maximum Gasteiger partial charge on any atom is 0.248 e. The number of halogens is 2. The number of carbonyl (C=O) groups excluding carboxylic acids is 1. The lowest BCUT2D eigenvalue weighted by Crippen LogP contribution is -2.56. The fourth-order valence-corrected chi connectivity index (χ4v) is 4.75. The maximum absolute atomic E-state index is 13.2. The zero-order valence-electron chi connectivity index (χ0n) is 15.2. The molecule has 2 N–H and O–H groups in total. The number of aromatic nitrogens is 2. The minimum absolute atomic E-state index is 0. The van der Waals surface area contributed by atoms with Crippen LogP contribution in [0.4, 0.5) is 0 Å². The molecule has 1 saturated carbocycles. The Balaban J connectivity index is 0.00000121. The number of nitrogens with zero attached hydrogens (tertiary/aromatic N) is 3. The topological polar surface area (TPSA) is 62.2 Å². The van der Waals surface area contributed by atoms with E-state index in [-0.39, 0.29) is 30.7 Å². The molecule has 1 amide bonds. The Labute approximate surface area is 168 Å². The molecular weight excluding hydrogens is 373 g/mol. The van der Waals surface area contributed by atoms with Gasteiger partial charge in [-0.2, -0.15) is 5.10 Å². The van der Waals surface area contributed by atoms with Gasteiger partial charge in [0.1, 0.15) is 5.54 Å². The number of carbonyl (C=O) groups is 1. The smallest absolute Gasteiger partial charge is 0.248 e. The summed E-state index contributed by atoms with van der Waals surface area (Å²) in [7, 11) is 0. The lowest BCUT2D eigenvalue weighted by molar-refractivity contribution is -0.132. The Kier molecular flexibility index (Phi) is 7.76. The van der Waals surface area contributed by atoms with E-state index in [2.05, 4.69) is 20.6 Å². The third kappa shape index (κ3) is 4.19. The zero-order chi connectivity index (χ0) is 16.4. The summed E-state index contributed by atoms with van der Waals surface area (Å²) in [5.74, 6) is 0.158. The van der Waals surface area contributed by atoms with Crippen molar-refractivity contribution in [1.82, 2.24) is 25.3 Å². The van der Waals surface area contributed by atoms with Crippen molar-refractivity contribution < 1.29 is 4.79 Å². The van der Waals surface area contributed by atoms with E-state index < -0.39 is 5.54 Å². The van der Waals surface area contributed by atoms with Crippen LogP contribution < -0.4 is 10.6 Å². The van der Waals surface area contributed by atoms with Crippen molar-refractivity contribution in [3.8, 4) is 0 Å². The van der Waals surface area contributed by atoms with E-state index in [0.717, 1.165) is 51.5 Å². The summed E-state index contributed by atoms with van der Waals surface area (Å²) in [5.41, 5.74) is -0.518. The second-order valence-corrected chi connectivity index (χ2v) is 7.62. The van der Waals surface area contributed by atoms with Gasteiger partial charge in [0.2, 0.25) is 5.91 Å². The fourth-order valence-electron chi connectivity index (χ4n) is 4.75. The van der Waals surface area contributed by atoms with E-state index >= 15 is 0 Å². The van der Waals surface area contributed by atoms with Crippen LogP contribution in [0.15, 0.2) is 18.5 Å². The maximum atomic E-state index is 13.2. The van der Waals surface area contributed by atoms with E-state index in [1.165, 1.54) is 25.7 Å². The normalized spacial score (nSPS) is 26.1. The average Bonchev–Trinajstić information content (AvgIpc) is 3.36. The van der Waals surface area contributed by atoms with Crippen molar-refractivity contribution >= 4 is 30.7 Å². The molecule has 0 radical (unpaired) electrons. The Bertz CT molecular complexity index is 556. The highest BCUT2D eigenvalue weighted by atomic mass is 35.5. The van der Waals surface area contributed by atoms with Crippen LogP contribution in [0.25, 0.3) is 0 Å². The van der Waals surface area contributed by atoms with Crippen molar-refractivity contribution in [3.05, 3.63) is 18.5 Å². The zero-order valence-corrected chi connectivity index (χ0v) is 16.9. The molecule has 1 unspecified atom stereocenters. The van der Waals surface area contributed by atoms with Crippen LogP contribution in [0.5, 0.6) is 0 Å². The molecule has 3 aliphatic rings. The monoisotopic (exact) mass is 403 g/mol. The van der Waals surface area contributed by atoms with Gasteiger partial charge in [-0.3, -0.25) is 14.4 Å². The second-order valence-electron chi connectivity index (χ2n) is 7.62. The van der Waals surface area contributed by atoms with Gasteiger partial charge in [0.15, 0.2) is 0 Å². The minimum atomic E-state index is -0.518. The van der Waals surface area contributed by atoms with Crippen molar-refractivity contribution in [3.63, 3.8) is 0 Å². The molecule has 8 heteroatoms. The highest BCUT2D eigenvalue weighted by Gasteiger charge is 2.43. The second kappa shape index (κ2) is 9.40. The Hall–Kier alpha value is -0.820. The molecule has 0 bridgehead atoms. The molecule has 3 heterocycles. The number of hydrogen-bond acceptors (Lipinski definition) is 4. The van der Waals surface area contributed by atoms with Gasteiger partial charge in [0.25, 0.3) is 0 Å². The lowest BCUT2D eigenvalue weighted by atomic mass is 9.87. The van der Waals surface area contributed by atoms with Crippen LogP contribution in [-0.2, 0) is 10.3 Å². The summed E-state index contributed by atoms with van der Waals surface area (Å²) in [6, 6.07) is 2.96. The molecule has 6 nitrogen and oxygen atoms in total. The van der Waals surface area contributed by atoms with E-state index in [0.29, 0.717) is 6.04 Å². The number of rotatable bonds is 4. The summed E-state index contributed by atoms with van der Waals surface area (Å²) in [6.45, 7) is 3.88. The van der Waals surface area contributed by atoms with Crippen LogP contribution in [0, 0.1) is 0 Å². The van der Waals surface area contributed by atoms with Gasteiger partial charge in [-0.05, 0) is 51.3 Å². The summed E-state index contributed by atoms with van der Waals surface area (Å²) in [6.07, 6.45) is 11.8. The molecule has 1 aromatic rings.